The van der Waals surface area contributed by atoms with E-state index in [0.717, 1.165) is 32.2 Å². The molecule has 1 amide bonds. The molecule has 1 aromatic carbocycles. The van der Waals surface area contributed by atoms with Crippen LogP contribution >= 0.6 is 0 Å². The molecule has 2 atom stereocenters. The zero-order valence-electron chi connectivity index (χ0n) is 11.0. The van der Waals surface area contributed by atoms with Gasteiger partial charge in [0.2, 0.25) is 5.91 Å². The van der Waals surface area contributed by atoms with E-state index in [1.54, 1.807) is 0 Å². The molecule has 0 spiro atoms. The molecule has 1 aliphatic heterocycles. The van der Waals surface area contributed by atoms with Gasteiger partial charge in [0.1, 0.15) is 0 Å². The molecule has 0 bridgehead atoms. The second-order valence-corrected chi connectivity index (χ2v) is 4.91. The maximum atomic E-state index is 12.1. The number of nitrogens with one attached hydrogen (secondary N) is 2. The molecule has 2 N–H and O–H groups in total. The first-order chi connectivity index (χ1) is 8.81. The van der Waals surface area contributed by atoms with Gasteiger partial charge >= 0.3 is 0 Å². The SMILES string of the molecule is CCCC(NC(=O)[C@H]1CCCN1)c1ccccc1. The van der Waals surface area contributed by atoms with Crippen LogP contribution in [0.5, 0.6) is 0 Å². The van der Waals surface area contributed by atoms with Gasteiger partial charge in [0, 0.05) is 0 Å². The van der Waals surface area contributed by atoms with Crippen LogP contribution in [0.1, 0.15) is 44.2 Å². The molecule has 2 rings (SSSR count). The molecule has 1 fully saturated rings. The summed E-state index contributed by atoms with van der Waals surface area (Å²) in [6.45, 7) is 3.11. The number of rotatable bonds is 5. The minimum Gasteiger partial charge on any atom is -0.348 e. The lowest BCUT2D eigenvalue weighted by Crippen LogP contribution is -2.42. The fourth-order valence-corrected chi connectivity index (χ4v) is 2.48. The van der Waals surface area contributed by atoms with Crippen molar-refractivity contribution >= 4 is 5.91 Å². The van der Waals surface area contributed by atoms with Crippen LogP contribution in [-0.2, 0) is 4.79 Å². The zero-order valence-corrected chi connectivity index (χ0v) is 11.0. The lowest BCUT2D eigenvalue weighted by atomic mass is 10.0. The topological polar surface area (TPSA) is 41.1 Å². The van der Waals surface area contributed by atoms with Crippen LogP contribution in [0.3, 0.4) is 0 Å². The monoisotopic (exact) mass is 246 g/mol. The van der Waals surface area contributed by atoms with Crippen LogP contribution in [-0.4, -0.2) is 18.5 Å². The van der Waals surface area contributed by atoms with Crippen molar-refractivity contribution in [3.05, 3.63) is 35.9 Å². The molecule has 0 aromatic heterocycles. The van der Waals surface area contributed by atoms with Crippen molar-refractivity contribution in [3.63, 3.8) is 0 Å². The largest absolute Gasteiger partial charge is 0.348 e. The lowest BCUT2D eigenvalue weighted by Gasteiger charge is -2.21. The van der Waals surface area contributed by atoms with Gasteiger partial charge in [-0.3, -0.25) is 4.79 Å². The molecular weight excluding hydrogens is 224 g/mol. The van der Waals surface area contributed by atoms with Crippen molar-refractivity contribution in [1.82, 2.24) is 10.6 Å². The molecule has 18 heavy (non-hydrogen) atoms. The van der Waals surface area contributed by atoms with Crippen molar-refractivity contribution in [2.75, 3.05) is 6.54 Å². The van der Waals surface area contributed by atoms with Gasteiger partial charge in [-0.1, -0.05) is 43.7 Å². The van der Waals surface area contributed by atoms with Crippen molar-refractivity contribution in [2.45, 2.75) is 44.7 Å². The average Bonchev–Trinajstić information content (AvgIpc) is 2.93. The van der Waals surface area contributed by atoms with E-state index in [9.17, 15) is 4.79 Å². The number of hydrogen-bond acceptors (Lipinski definition) is 2. The number of hydrogen-bond donors (Lipinski definition) is 2. The van der Waals surface area contributed by atoms with E-state index in [-0.39, 0.29) is 18.0 Å². The van der Waals surface area contributed by atoms with Gasteiger partial charge in [-0.05, 0) is 31.4 Å². The second kappa shape index (κ2) is 6.55. The molecule has 1 aliphatic rings. The van der Waals surface area contributed by atoms with Gasteiger partial charge in [-0.25, -0.2) is 0 Å². The standard InChI is InChI=1S/C15H22N2O/c1-2-7-13(12-8-4-3-5-9-12)17-15(18)14-10-6-11-16-14/h3-5,8-9,13-14,16H,2,6-7,10-11H2,1H3,(H,17,18)/t13?,14-/m1/s1. The summed E-state index contributed by atoms with van der Waals surface area (Å²) in [7, 11) is 0. The highest BCUT2D eigenvalue weighted by Crippen LogP contribution is 2.19. The number of carbonyl (C=O) groups excluding carboxylic acids is 1. The van der Waals surface area contributed by atoms with Gasteiger partial charge in [0.15, 0.2) is 0 Å². The summed E-state index contributed by atoms with van der Waals surface area (Å²) in [5.41, 5.74) is 1.20. The van der Waals surface area contributed by atoms with Crippen LogP contribution < -0.4 is 10.6 Å². The minimum atomic E-state index is 0.00747. The van der Waals surface area contributed by atoms with Crippen LogP contribution in [0.4, 0.5) is 0 Å². The zero-order chi connectivity index (χ0) is 12.8. The Bertz CT molecular complexity index is 371. The Morgan fingerprint density at radius 2 is 2.22 bits per heavy atom. The molecule has 3 heteroatoms. The van der Waals surface area contributed by atoms with Crippen molar-refractivity contribution in [2.24, 2.45) is 0 Å². The Balaban J connectivity index is 1.99. The predicted molar refractivity (Wildman–Crippen MR) is 73.3 cm³/mol. The molecule has 1 saturated heterocycles. The smallest absolute Gasteiger partial charge is 0.237 e. The van der Waals surface area contributed by atoms with E-state index in [0.29, 0.717) is 0 Å². The molecule has 0 saturated carbocycles. The Kier molecular flexibility index (Phi) is 4.76. The fraction of sp³-hybridized carbons (Fsp3) is 0.533. The van der Waals surface area contributed by atoms with Crippen molar-refractivity contribution < 1.29 is 4.79 Å². The highest BCUT2D eigenvalue weighted by molar-refractivity contribution is 5.82. The summed E-state index contributed by atoms with van der Waals surface area (Å²) < 4.78 is 0. The summed E-state index contributed by atoms with van der Waals surface area (Å²) >= 11 is 0. The van der Waals surface area contributed by atoms with E-state index < -0.39 is 0 Å². The van der Waals surface area contributed by atoms with E-state index >= 15 is 0 Å². The Morgan fingerprint density at radius 1 is 1.44 bits per heavy atom. The first-order valence-electron chi connectivity index (χ1n) is 6.90. The quantitative estimate of drug-likeness (QED) is 0.837. The molecular formula is C15H22N2O. The summed E-state index contributed by atoms with van der Waals surface area (Å²) in [5.74, 6) is 0.148. The highest BCUT2D eigenvalue weighted by Gasteiger charge is 2.24. The molecule has 1 aromatic rings. The van der Waals surface area contributed by atoms with Crippen LogP contribution in [0.25, 0.3) is 0 Å². The van der Waals surface area contributed by atoms with Gasteiger partial charge in [-0.2, -0.15) is 0 Å². The molecule has 3 nitrogen and oxygen atoms in total. The summed E-state index contributed by atoms with van der Waals surface area (Å²) in [6, 6.07) is 10.4. The molecule has 0 aliphatic carbocycles. The van der Waals surface area contributed by atoms with E-state index in [1.165, 1.54) is 5.56 Å². The normalized spacial score (nSPS) is 20.6. The Hall–Kier alpha value is -1.35. The van der Waals surface area contributed by atoms with Crippen molar-refractivity contribution in [1.29, 1.82) is 0 Å². The highest BCUT2D eigenvalue weighted by atomic mass is 16.2. The average molecular weight is 246 g/mol. The number of amides is 1. The summed E-state index contributed by atoms with van der Waals surface area (Å²) in [4.78, 5) is 12.1. The lowest BCUT2D eigenvalue weighted by molar-refractivity contribution is -0.123. The Morgan fingerprint density at radius 3 is 2.83 bits per heavy atom. The molecule has 98 valence electrons. The van der Waals surface area contributed by atoms with Crippen LogP contribution in [0, 0.1) is 0 Å². The predicted octanol–water partition coefficient (Wildman–Crippen LogP) is 2.40. The summed E-state index contributed by atoms with van der Waals surface area (Å²) in [6.07, 6.45) is 4.11. The third kappa shape index (κ3) is 3.33. The fourth-order valence-electron chi connectivity index (χ4n) is 2.48. The van der Waals surface area contributed by atoms with Gasteiger partial charge in [0.05, 0.1) is 12.1 Å². The van der Waals surface area contributed by atoms with Gasteiger partial charge < -0.3 is 10.6 Å². The molecule has 0 radical (unpaired) electrons. The van der Waals surface area contributed by atoms with E-state index in [1.807, 2.05) is 18.2 Å². The maximum Gasteiger partial charge on any atom is 0.237 e. The molecule has 1 heterocycles. The summed E-state index contributed by atoms with van der Waals surface area (Å²) in [5, 5.41) is 6.42. The number of benzene rings is 1. The number of carbonyl (C=O) groups is 1. The van der Waals surface area contributed by atoms with Crippen LogP contribution in [0.2, 0.25) is 0 Å². The van der Waals surface area contributed by atoms with Gasteiger partial charge in [0.25, 0.3) is 0 Å². The van der Waals surface area contributed by atoms with E-state index in [4.69, 9.17) is 0 Å². The first-order valence-corrected chi connectivity index (χ1v) is 6.90. The molecule has 1 unspecified atom stereocenters. The maximum absolute atomic E-state index is 12.1. The van der Waals surface area contributed by atoms with Crippen LogP contribution in [0.15, 0.2) is 30.3 Å². The van der Waals surface area contributed by atoms with Gasteiger partial charge in [-0.15, -0.1) is 0 Å². The minimum absolute atomic E-state index is 0.00747. The van der Waals surface area contributed by atoms with Crippen molar-refractivity contribution in [3.8, 4) is 0 Å². The Labute approximate surface area is 109 Å². The first kappa shape index (κ1) is 13.1. The third-order valence-corrected chi connectivity index (χ3v) is 3.47. The second-order valence-electron chi connectivity index (χ2n) is 4.91. The third-order valence-electron chi connectivity index (χ3n) is 3.47. The van der Waals surface area contributed by atoms with E-state index in [2.05, 4.69) is 29.7 Å².